The van der Waals surface area contributed by atoms with Crippen LogP contribution in [0, 0.1) is 0 Å². The summed E-state index contributed by atoms with van der Waals surface area (Å²) in [4.78, 5) is 10.00. The molecule has 82 valence electrons. The summed E-state index contributed by atoms with van der Waals surface area (Å²) in [6, 6.07) is 4.98. The predicted molar refractivity (Wildman–Crippen MR) is 58.8 cm³/mol. The van der Waals surface area contributed by atoms with Crippen LogP contribution in [0.3, 0.4) is 0 Å². The zero-order chi connectivity index (χ0) is 11.4. The van der Waals surface area contributed by atoms with Gasteiger partial charge in [-0.2, -0.15) is 0 Å². The molecule has 0 aromatic heterocycles. The van der Waals surface area contributed by atoms with Crippen LogP contribution >= 0.6 is 15.9 Å². The number of hydrogen-bond donors (Lipinski definition) is 1. The van der Waals surface area contributed by atoms with Crippen molar-refractivity contribution in [1.82, 2.24) is 0 Å². The lowest BCUT2D eigenvalue weighted by Crippen LogP contribution is -2.04. The normalized spacial score (nSPS) is 11.9. The van der Waals surface area contributed by atoms with Gasteiger partial charge in [0.2, 0.25) is 0 Å². The van der Waals surface area contributed by atoms with E-state index in [1.165, 1.54) is 14.2 Å². The molecule has 1 rings (SSSR count). The number of ether oxygens (including phenoxy) is 2. The van der Waals surface area contributed by atoms with Crippen LogP contribution in [0.5, 0.6) is 11.5 Å². The third-order valence-corrected chi connectivity index (χ3v) is 2.84. The van der Waals surface area contributed by atoms with E-state index in [-0.39, 0.29) is 0 Å². The first-order chi connectivity index (χ1) is 7.10. The molecule has 0 radical (unpaired) electrons. The predicted octanol–water partition coefficient (Wildman–Crippen LogP) is 2.22. The van der Waals surface area contributed by atoms with E-state index in [9.17, 15) is 4.79 Å². The van der Waals surface area contributed by atoms with Crippen LogP contribution in [0.4, 0.5) is 0 Å². The minimum Gasteiger partial charge on any atom is -0.493 e. The molecule has 1 atom stereocenters. The quantitative estimate of drug-likeness (QED) is 0.856. The lowest BCUT2D eigenvalue weighted by atomic mass is 10.1. The maximum atomic E-state index is 10.7. The van der Waals surface area contributed by atoms with E-state index in [2.05, 4.69) is 15.9 Å². The Morgan fingerprint density at radius 2 is 1.93 bits per heavy atom. The zero-order valence-electron chi connectivity index (χ0n) is 8.36. The number of halogens is 1. The zero-order valence-corrected chi connectivity index (χ0v) is 9.95. The standard InChI is InChI=1S/C10H11BrO4/c1-14-7-4-3-6(5-8(7)15-2)9(11)10(12)13/h3-5,9H,1-2H3,(H,12,13)/t9-/m1/s1. The van der Waals surface area contributed by atoms with Crippen LogP contribution in [-0.2, 0) is 4.79 Å². The summed E-state index contributed by atoms with van der Waals surface area (Å²) in [6.07, 6.45) is 0. The fourth-order valence-electron chi connectivity index (χ4n) is 1.15. The third-order valence-electron chi connectivity index (χ3n) is 1.92. The van der Waals surface area contributed by atoms with Gasteiger partial charge in [0.25, 0.3) is 0 Å². The van der Waals surface area contributed by atoms with Gasteiger partial charge in [0, 0.05) is 0 Å². The lowest BCUT2D eigenvalue weighted by Gasteiger charge is -2.10. The molecule has 0 saturated carbocycles. The molecule has 0 unspecified atom stereocenters. The topological polar surface area (TPSA) is 55.8 Å². The van der Waals surface area contributed by atoms with E-state index in [0.717, 1.165) is 0 Å². The highest BCUT2D eigenvalue weighted by Gasteiger charge is 2.17. The van der Waals surface area contributed by atoms with E-state index >= 15 is 0 Å². The molecule has 0 aliphatic carbocycles. The Hall–Kier alpha value is -1.23. The molecular weight excluding hydrogens is 264 g/mol. The second kappa shape index (κ2) is 5.02. The van der Waals surface area contributed by atoms with Gasteiger partial charge in [-0.3, -0.25) is 4.79 Å². The molecule has 0 aliphatic rings. The van der Waals surface area contributed by atoms with Crippen LogP contribution < -0.4 is 9.47 Å². The number of carbonyl (C=O) groups is 1. The Kier molecular flexibility index (Phi) is 3.96. The number of carboxylic acid groups (broad SMARTS) is 1. The Labute approximate surface area is 95.9 Å². The molecule has 5 heteroatoms. The number of benzene rings is 1. The summed E-state index contributed by atoms with van der Waals surface area (Å²) < 4.78 is 10.1. The molecule has 0 spiro atoms. The molecule has 4 nitrogen and oxygen atoms in total. The number of rotatable bonds is 4. The maximum absolute atomic E-state index is 10.7. The monoisotopic (exact) mass is 274 g/mol. The van der Waals surface area contributed by atoms with Crippen molar-refractivity contribution in [2.24, 2.45) is 0 Å². The second-order valence-electron chi connectivity index (χ2n) is 2.82. The highest BCUT2D eigenvalue weighted by molar-refractivity contribution is 9.09. The van der Waals surface area contributed by atoms with Crippen LogP contribution in [0.25, 0.3) is 0 Å². The molecule has 1 aromatic carbocycles. The number of carboxylic acids is 1. The molecule has 0 aliphatic heterocycles. The van der Waals surface area contributed by atoms with E-state index in [1.807, 2.05) is 0 Å². The van der Waals surface area contributed by atoms with Gasteiger partial charge in [0.1, 0.15) is 4.83 Å². The van der Waals surface area contributed by atoms with Gasteiger partial charge in [-0.05, 0) is 17.7 Å². The molecule has 1 N–H and O–H groups in total. The summed E-state index contributed by atoms with van der Waals surface area (Å²) in [5.74, 6) is 0.147. The molecule has 0 heterocycles. The smallest absolute Gasteiger partial charge is 0.321 e. The Morgan fingerprint density at radius 3 is 2.40 bits per heavy atom. The average Bonchev–Trinajstić information content (AvgIpc) is 2.26. The number of methoxy groups -OCH3 is 2. The van der Waals surface area contributed by atoms with Crippen LogP contribution in [0.15, 0.2) is 18.2 Å². The van der Waals surface area contributed by atoms with Gasteiger partial charge in [-0.15, -0.1) is 0 Å². The highest BCUT2D eigenvalue weighted by atomic mass is 79.9. The van der Waals surface area contributed by atoms with Crippen molar-refractivity contribution in [3.8, 4) is 11.5 Å². The minimum absolute atomic E-state index is 0.515. The number of hydrogen-bond acceptors (Lipinski definition) is 3. The fraction of sp³-hybridized carbons (Fsp3) is 0.300. The first kappa shape index (κ1) is 11.8. The Balaban J connectivity index is 3.07. The van der Waals surface area contributed by atoms with Gasteiger partial charge >= 0.3 is 5.97 Å². The van der Waals surface area contributed by atoms with Gasteiger partial charge in [0.15, 0.2) is 11.5 Å². The molecular formula is C10H11BrO4. The fourth-order valence-corrected chi connectivity index (χ4v) is 1.44. The van der Waals surface area contributed by atoms with E-state index in [4.69, 9.17) is 14.6 Å². The Morgan fingerprint density at radius 1 is 1.33 bits per heavy atom. The molecule has 0 saturated heterocycles. The van der Waals surface area contributed by atoms with Gasteiger partial charge in [0.05, 0.1) is 14.2 Å². The minimum atomic E-state index is -0.942. The molecule has 0 amide bonds. The van der Waals surface area contributed by atoms with Crippen LogP contribution in [0.2, 0.25) is 0 Å². The van der Waals surface area contributed by atoms with Crippen LogP contribution in [-0.4, -0.2) is 25.3 Å². The van der Waals surface area contributed by atoms with E-state index in [1.54, 1.807) is 18.2 Å². The van der Waals surface area contributed by atoms with Crippen molar-refractivity contribution < 1.29 is 19.4 Å². The highest BCUT2D eigenvalue weighted by Crippen LogP contribution is 2.32. The van der Waals surface area contributed by atoms with Crippen molar-refractivity contribution in [2.45, 2.75) is 4.83 Å². The summed E-state index contributed by atoms with van der Waals surface area (Å²) in [6.45, 7) is 0. The maximum Gasteiger partial charge on any atom is 0.321 e. The number of aliphatic carboxylic acids is 1. The van der Waals surface area contributed by atoms with Crippen molar-refractivity contribution in [3.05, 3.63) is 23.8 Å². The van der Waals surface area contributed by atoms with Crippen molar-refractivity contribution in [1.29, 1.82) is 0 Å². The first-order valence-corrected chi connectivity index (χ1v) is 5.10. The molecule has 0 bridgehead atoms. The summed E-state index contributed by atoms with van der Waals surface area (Å²) in [7, 11) is 3.03. The van der Waals surface area contributed by atoms with Gasteiger partial charge in [-0.25, -0.2) is 0 Å². The SMILES string of the molecule is COc1ccc([C@@H](Br)C(=O)O)cc1OC. The van der Waals surface area contributed by atoms with E-state index in [0.29, 0.717) is 17.1 Å². The first-order valence-electron chi connectivity index (χ1n) is 4.19. The Bertz CT molecular complexity index is 364. The van der Waals surface area contributed by atoms with Crippen molar-refractivity contribution in [3.63, 3.8) is 0 Å². The lowest BCUT2D eigenvalue weighted by molar-refractivity contribution is -0.136. The summed E-state index contributed by atoms with van der Waals surface area (Å²) in [5.41, 5.74) is 0.611. The molecule has 0 fully saturated rings. The third kappa shape index (κ3) is 2.62. The molecule has 15 heavy (non-hydrogen) atoms. The summed E-state index contributed by atoms with van der Waals surface area (Å²) in [5, 5.41) is 8.81. The largest absolute Gasteiger partial charge is 0.493 e. The van der Waals surface area contributed by atoms with Crippen LogP contribution in [0.1, 0.15) is 10.4 Å². The average molecular weight is 275 g/mol. The summed E-state index contributed by atoms with van der Waals surface area (Å²) >= 11 is 3.06. The van der Waals surface area contributed by atoms with Gasteiger partial charge < -0.3 is 14.6 Å². The second-order valence-corrected chi connectivity index (χ2v) is 3.73. The van der Waals surface area contributed by atoms with Crippen molar-refractivity contribution >= 4 is 21.9 Å². The van der Waals surface area contributed by atoms with Gasteiger partial charge in [-0.1, -0.05) is 22.0 Å². The molecule has 1 aromatic rings. The van der Waals surface area contributed by atoms with E-state index < -0.39 is 10.8 Å². The number of alkyl halides is 1. The van der Waals surface area contributed by atoms with Crippen molar-refractivity contribution in [2.75, 3.05) is 14.2 Å².